The first-order chi connectivity index (χ1) is 21.5. The second-order valence-corrected chi connectivity index (χ2v) is 11.5. The molecule has 0 spiro atoms. The Morgan fingerprint density at radius 1 is 1.04 bits per heavy atom. The fraction of sp³-hybridized carbons (Fsp3) is 0.265. The highest BCUT2D eigenvalue weighted by atomic mass is 19.4. The molecule has 11 heteroatoms. The molecule has 5 aromatic rings. The number of aromatic nitrogens is 3. The minimum Gasteiger partial charge on any atom is -0.382 e. The normalized spacial score (nSPS) is 15.4. The van der Waals surface area contributed by atoms with Gasteiger partial charge in [-0.15, -0.1) is 0 Å². The number of amides is 2. The maximum absolute atomic E-state index is 13.2. The summed E-state index contributed by atoms with van der Waals surface area (Å²) in [4.78, 5) is 22.7. The average Bonchev–Trinajstić information content (AvgIpc) is 3.43. The van der Waals surface area contributed by atoms with Gasteiger partial charge in [-0.05, 0) is 61.5 Å². The number of alkyl halides is 3. The lowest BCUT2D eigenvalue weighted by Crippen LogP contribution is -2.26. The van der Waals surface area contributed by atoms with Crippen molar-refractivity contribution in [1.29, 1.82) is 0 Å². The van der Waals surface area contributed by atoms with Gasteiger partial charge in [-0.2, -0.15) is 13.2 Å². The number of anilines is 3. The summed E-state index contributed by atoms with van der Waals surface area (Å²) in [6.45, 7) is 4.19. The van der Waals surface area contributed by atoms with E-state index in [0.717, 1.165) is 64.8 Å². The first kappa shape index (κ1) is 30.1. The van der Waals surface area contributed by atoms with E-state index in [-0.39, 0.29) is 11.6 Å². The van der Waals surface area contributed by atoms with E-state index in [2.05, 4.69) is 45.3 Å². The second kappa shape index (κ2) is 11.9. The van der Waals surface area contributed by atoms with Gasteiger partial charge in [0.15, 0.2) is 0 Å². The number of nitrogen functional groups attached to an aromatic ring is 1. The molecule has 0 bridgehead atoms. The van der Waals surface area contributed by atoms with Crippen LogP contribution in [0.4, 0.5) is 35.2 Å². The number of hydrogen-bond acceptors (Lipinski definition) is 5. The van der Waals surface area contributed by atoms with E-state index in [1.54, 1.807) is 6.07 Å². The van der Waals surface area contributed by atoms with Gasteiger partial charge in [-0.3, -0.25) is 4.40 Å². The van der Waals surface area contributed by atoms with Crippen LogP contribution in [0.3, 0.4) is 0 Å². The Bertz CT molecular complexity index is 1940. The standard InChI is InChI=1S/C34H34F3N7O/c1-19(2)32-43-29(30-31(38)40-18-28(44(30)32)20-11-13-22(39-3)14-12-20)26-15-16-27(25-10-5-4-9-24(25)26)42-33(45)41-23-8-6-7-21(17-23)34(35,36)37/h4-11,15-19,22,39H,12-14H2,1-3H3,(H2,38,40)(H2,41,42,45). The molecule has 8 nitrogen and oxygen atoms in total. The molecule has 3 aromatic carbocycles. The van der Waals surface area contributed by atoms with E-state index in [1.807, 2.05) is 43.6 Å². The van der Waals surface area contributed by atoms with E-state index in [4.69, 9.17) is 10.7 Å². The van der Waals surface area contributed by atoms with Crippen molar-refractivity contribution in [1.82, 2.24) is 19.7 Å². The number of nitrogens with two attached hydrogens (primary N) is 1. The lowest BCUT2D eigenvalue weighted by molar-refractivity contribution is -0.137. The van der Waals surface area contributed by atoms with E-state index in [1.165, 1.54) is 17.7 Å². The van der Waals surface area contributed by atoms with Crippen LogP contribution < -0.4 is 21.7 Å². The smallest absolute Gasteiger partial charge is 0.382 e. The summed E-state index contributed by atoms with van der Waals surface area (Å²) in [5.41, 5.74) is 10.7. The Morgan fingerprint density at radius 2 is 1.82 bits per heavy atom. The van der Waals surface area contributed by atoms with E-state index in [0.29, 0.717) is 23.2 Å². The monoisotopic (exact) mass is 613 g/mol. The van der Waals surface area contributed by atoms with Crippen LogP contribution in [0.25, 0.3) is 33.1 Å². The number of nitrogens with one attached hydrogen (secondary N) is 3. The van der Waals surface area contributed by atoms with Crippen molar-refractivity contribution < 1.29 is 18.0 Å². The zero-order valence-corrected chi connectivity index (χ0v) is 25.2. The molecule has 45 heavy (non-hydrogen) atoms. The van der Waals surface area contributed by atoms with Crippen molar-refractivity contribution in [3.63, 3.8) is 0 Å². The van der Waals surface area contributed by atoms with Crippen LogP contribution in [0.15, 0.2) is 72.9 Å². The molecular weight excluding hydrogens is 579 g/mol. The number of imidazole rings is 1. The van der Waals surface area contributed by atoms with Crippen LogP contribution in [0.1, 0.15) is 56.1 Å². The predicted molar refractivity (Wildman–Crippen MR) is 173 cm³/mol. The molecule has 1 atom stereocenters. The summed E-state index contributed by atoms with van der Waals surface area (Å²) in [6.07, 6.45) is 2.43. The summed E-state index contributed by atoms with van der Waals surface area (Å²) < 4.78 is 41.6. The van der Waals surface area contributed by atoms with Crippen LogP contribution in [-0.2, 0) is 6.18 Å². The van der Waals surface area contributed by atoms with Crippen molar-refractivity contribution in [3.8, 4) is 11.3 Å². The summed E-state index contributed by atoms with van der Waals surface area (Å²) in [7, 11) is 1.99. The van der Waals surface area contributed by atoms with Gasteiger partial charge in [0.2, 0.25) is 0 Å². The minimum absolute atomic E-state index is 0.0299. The van der Waals surface area contributed by atoms with Gasteiger partial charge in [0.1, 0.15) is 22.9 Å². The maximum Gasteiger partial charge on any atom is 0.416 e. The third kappa shape index (κ3) is 5.83. The van der Waals surface area contributed by atoms with Crippen LogP contribution in [-0.4, -0.2) is 33.5 Å². The third-order valence-electron chi connectivity index (χ3n) is 8.25. The number of carbonyl (C=O) groups is 1. The van der Waals surface area contributed by atoms with Gasteiger partial charge < -0.3 is 21.7 Å². The molecule has 2 amide bonds. The summed E-state index contributed by atoms with van der Waals surface area (Å²) >= 11 is 0. The van der Waals surface area contributed by atoms with Crippen molar-refractivity contribution in [2.45, 2.75) is 51.2 Å². The number of allylic oxidation sites excluding steroid dienone is 1. The molecule has 6 rings (SSSR count). The molecule has 0 radical (unpaired) electrons. The Morgan fingerprint density at radius 3 is 2.51 bits per heavy atom. The Hall–Kier alpha value is -4.90. The molecule has 0 aliphatic heterocycles. The van der Waals surface area contributed by atoms with Crippen molar-refractivity contribution in [2.75, 3.05) is 23.4 Å². The number of hydrogen-bond donors (Lipinski definition) is 4. The van der Waals surface area contributed by atoms with Crippen molar-refractivity contribution >= 4 is 45.1 Å². The number of rotatable bonds is 6. The Balaban J connectivity index is 1.41. The maximum atomic E-state index is 13.2. The zero-order valence-electron chi connectivity index (χ0n) is 25.2. The first-order valence-electron chi connectivity index (χ1n) is 14.9. The van der Waals surface area contributed by atoms with Crippen molar-refractivity contribution in [3.05, 3.63) is 90.0 Å². The lowest BCUT2D eigenvalue weighted by atomic mass is 9.93. The Labute approximate surface area is 258 Å². The van der Waals surface area contributed by atoms with E-state index < -0.39 is 17.8 Å². The predicted octanol–water partition coefficient (Wildman–Crippen LogP) is 8.07. The van der Waals surface area contributed by atoms with Crippen LogP contribution >= 0.6 is 0 Å². The topological polar surface area (TPSA) is 109 Å². The minimum atomic E-state index is -4.52. The van der Waals surface area contributed by atoms with Gasteiger partial charge in [0, 0.05) is 28.6 Å². The van der Waals surface area contributed by atoms with Crippen LogP contribution in [0.5, 0.6) is 0 Å². The van der Waals surface area contributed by atoms with Crippen LogP contribution in [0, 0.1) is 0 Å². The number of halogens is 3. The largest absolute Gasteiger partial charge is 0.416 e. The fourth-order valence-electron chi connectivity index (χ4n) is 5.97. The molecule has 232 valence electrons. The third-order valence-corrected chi connectivity index (χ3v) is 8.25. The van der Waals surface area contributed by atoms with Gasteiger partial charge in [-0.25, -0.2) is 14.8 Å². The van der Waals surface area contributed by atoms with Crippen LogP contribution in [0.2, 0.25) is 0 Å². The molecule has 0 saturated carbocycles. The molecule has 1 aliphatic rings. The molecular formula is C34H34F3N7O. The Kier molecular flexibility index (Phi) is 7.96. The number of carbonyl (C=O) groups excluding carboxylic acids is 1. The molecule has 2 heterocycles. The summed E-state index contributed by atoms with van der Waals surface area (Å²) in [5.74, 6) is 1.32. The second-order valence-electron chi connectivity index (χ2n) is 11.5. The van der Waals surface area contributed by atoms with Crippen molar-refractivity contribution in [2.24, 2.45) is 0 Å². The number of fused-ring (bicyclic) bond motifs is 2. The first-order valence-corrected chi connectivity index (χ1v) is 14.9. The molecule has 1 unspecified atom stereocenters. The number of urea groups is 1. The lowest BCUT2D eigenvalue weighted by Gasteiger charge is -2.22. The van der Waals surface area contributed by atoms with E-state index in [9.17, 15) is 18.0 Å². The number of benzene rings is 3. The van der Waals surface area contributed by atoms with Gasteiger partial charge >= 0.3 is 12.2 Å². The summed E-state index contributed by atoms with van der Waals surface area (Å²) in [5, 5.41) is 10.2. The van der Waals surface area contributed by atoms with Gasteiger partial charge in [-0.1, -0.05) is 56.3 Å². The highest BCUT2D eigenvalue weighted by molar-refractivity contribution is 6.11. The highest BCUT2D eigenvalue weighted by Gasteiger charge is 2.30. The highest BCUT2D eigenvalue weighted by Crippen LogP contribution is 2.40. The molecule has 5 N–H and O–H groups in total. The SMILES string of the molecule is CNC1CC=C(c2cnc(N)c3c(-c4ccc(NC(=O)Nc5cccc(C(F)(F)F)c5)c5ccccc45)nc(C(C)C)n23)CC1. The molecule has 0 fully saturated rings. The molecule has 2 aromatic heterocycles. The quantitative estimate of drug-likeness (QED) is 0.155. The fourth-order valence-corrected chi connectivity index (χ4v) is 5.97. The van der Waals surface area contributed by atoms with Gasteiger partial charge in [0.05, 0.1) is 23.1 Å². The average molecular weight is 614 g/mol. The zero-order chi connectivity index (χ0) is 31.9. The molecule has 0 saturated heterocycles. The van der Waals surface area contributed by atoms with E-state index >= 15 is 0 Å². The molecule has 1 aliphatic carbocycles. The number of nitrogens with zero attached hydrogens (tertiary/aromatic N) is 3. The summed E-state index contributed by atoms with van der Waals surface area (Å²) in [6, 6.07) is 15.5. The van der Waals surface area contributed by atoms with Gasteiger partial charge in [0.25, 0.3) is 0 Å².